The Kier molecular flexibility index (Phi) is 3.30. The summed E-state index contributed by atoms with van der Waals surface area (Å²) >= 11 is 0. The largest absolute Gasteiger partial charge is 0.407 e. The molecular weight excluding hydrogens is 256 g/mol. The molecular formula is C15H18N2O3. The predicted molar refractivity (Wildman–Crippen MR) is 71.6 cm³/mol. The fourth-order valence-electron chi connectivity index (χ4n) is 2.82. The van der Waals surface area contributed by atoms with E-state index < -0.39 is 17.6 Å². The van der Waals surface area contributed by atoms with Crippen molar-refractivity contribution in [3.8, 4) is 0 Å². The lowest BCUT2D eigenvalue weighted by Gasteiger charge is -2.33. The molecule has 1 fully saturated rings. The van der Waals surface area contributed by atoms with Gasteiger partial charge in [0.25, 0.3) is 0 Å². The molecule has 5 nitrogen and oxygen atoms in total. The van der Waals surface area contributed by atoms with Gasteiger partial charge in [-0.05, 0) is 25.7 Å². The summed E-state index contributed by atoms with van der Waals surface area (Å²) in [6, 6.07) is 9.30. The molecule has 0 amide bonds. The van der Waals surface area contributed by atoms with E-state index in [0.29, 0.717) is 5.56 Å². The normalized spacial score (nSPS) is 27.6. The number of nitrogens with zero attached hydrogens (tertiary/aromatic N) is 2. The minimum atomic E-state index is -1.41. The van der Waals surface area contributed by atoms with Crippen LogP contribution in [0.25, 0.3) is 0 Å². The Balaban J connectivity index is 1.93. The highest BCUT2D eigenvalue weighted by Gasteiger charge is 2.52. The van der Waals surface area contributed by atoms with Crippen molar-refractivity contribution in [2.45, 2.75) is 50.7 Å². The van der Waals surface area contributed by atoms with Gasteiger partial charge in [-0.2, -0.15) is 5.11 Å². The molecule has 3 rings (SSSR count). The Labute approximate surface area is 118 Å². The first kappa shape index (κ1) is 13.2. The van der Waals surface area contributed by atoms with Crippen molar-refractivity contribution in [1.29, 1.82) is 0 Å². The molecule has 1 aromatic carbocycles. The van der Waals surface area contributed by atoms with Crippen molar-refractivity contribution in [1.82, 2.24) is 0 Å². The van der Waals surface area contributed by atoms with E-state index in [4.69, 9.17) is 9.47 Å². The summed E-state index contributed by atoms with van der Waals surface area (Å²) in [6.07, 6.45) is 4.96. The molecule has 5 heteroatoms. The summed E-state index contributed by atoms with van der Waals surface area (Å²) in [5.74, 6) is -1.84. The van der Waals surface area contributed by atoms with Gasteiger partial charge in [-0.15, -0.1) is 5.11 Å². The van der Waals surface area contributed by atoms with Crippen molar-refractivity contribution < 1.29 is 14.3 Å². The molecule has 0 N–H and O–H groups in total. The van der Waals surface area contributed by atoms with Crippen LogP contribution in [0.1, 0.15) is 44.6 Å². The summed E-state index contributed by atoms with van der Waals surface area (Å²) in [4.78, 5) is 11.4. The molecule has 20 heavy (non-hydrogen) atoms. The van der Waals surface area contributed by atoms with Crippen LogP contribution in [-0.2, 0) is 20.2 Å². The number of azo groups is 1. The molecule has 1 aliphatic carbocycles. The second kappa shape index (κ2) is 4.98. The van der Waals surface area contributed by atoms with Crippen molar-refractivity contribution in [2.75, 3.05) is 0 Å². The number of rotatable bonds is 2. The van der Waals surface area contributed by atoms with Crippen LogP contribution in [0, 0.1) is 0 Å². The van der Waals surface area contributed by atoms with Gasteiger partial charge in [0.15, 0.2) is 5.72 Å². The Morgan fingerprint density at radius 2 is 1.85 bits per heavy atom. The molecule has 0 aromatic heterocycles. The summed E-state index contributed by atoms with van der Waals surface area (Å²) in [5, 5.41) is 8.55. The van der Waals surface area contributed by atoms with Gasteiger partial charge >= 0.3 is 11.9 Å². The molecule has 2 aliphatic rings. The third kappa shape index (κ3) is 2.33. The lowest BCUT2D eigenvalue weighted by atomic mass is 9.92. The molecule has 1 unspecified atom stereocenters. The SMILES string of the molecule is CC(=O)OC1(c2ccccc2)N=NC2(CCCCC2)O1. The van der Waals surface area contributed by atoms with E-state index in [1.54, 1.807) is 0 Å². The lowest BCUT2D eigenvalue weighted by molar-refractivity contribution is -0.261. The van der Waals surface area contributed by atoms with E-state index in [1.165, 1.54) is 13.3 Å². The summed E-state index contributed by atoms with van der Waals surface area (Å²) in [6.45, 7) is 1.36. The summed E-state index contributed by atoms with van der Waals surface area (Å²) in [7, 11) is 0. The van der Waals surface area contributed by atoms with Gasteiger partial charge in [0, 0.05) is 6.92 Å². The molecule has 1 saturated carbocycles. The van der Waals surface area contributed by atoms with Gasteiger partial charge in [-0.1, -0.05) is 36.8 Å². The quantitative estimate of drug-likeness (QED) is 0.775. The molecule has 1 aliphatic heterocycles. The fraction of sp³-hybridized carbons (Fsp3) is 0.533. The molecule has 1 heterocycles. The van der Waals surface area contributed by atoms with Gasteiger partial charge in [-0.25, -0.2) is 0 Å². The van der Waals surface area contributed by atoms with Gasteiger partial charge in [0.1, 0.15) is 0 Å². The maximum atomic E-state index is 11.4. The van der Waals surface area contributed by atoms with Gasteiger partial charge in [-0.3, -0.25) is 9.53 Å². The van der Waals surface area contributed by atoms with Crippen LogP contribution >= 0.6 is 0 Å². The maximum Gasteiger partial charge on any atom is 0.362 e. The van der Waals surface area contributed by atoms with Gasteiger partial charge in [0.05, 0.1) is 5.56 Å². The van der Waals surface area contributed by atoms with Crippen molar-refractivity contribution in [3.63, 3.8) is 0 Å². The number of esters is 1. The fourth-order valence-corrected chi connectivity index (χ4v) is 2.82. The number of benzene rings is 1. The van der Waals surface area contributed by atoms with Gasteiger partial charge in [0.2, 0.25) is 0 Å². The van der Waals surface area contributed by atoms with Crippen LogP contribution in [0.3, 0.4) is 0 Å². The van der Waals surface area contributed by atoms with Crippen LogP contribution in [0.4, 0.5) is 0 Å². The first-order valence-corrected chi connectivity index (χ1v) is 7.04. The molecule has 0 bridgehead atoms. The van der Waals surface area contributed by atoms with Crippen LogP contribution < -0.4 is 0 Å². The van der Waals surface area contributed by atoms with Crippen molar-refractivity contribution >= 4 is 5.97 Å². The Morgan fingerprint density at radius 3 is 2.50 bits per heavy atom. The third-order valence-corrected chi connectivity index (χ3v) is 3.75. The standard InChI is InChI=1S/C15H18N2O3/c1-12(18)19-15(13-8-4-2-5-9-13)17-16-14(20-15)10-6-3-7-11-14/h2,4-5,8-9H,3,6-7,10-11H2,1H3. The highest BCUT2D eigenvalue weighted by Crippen LogP contribution is 2.46. The average Bonchev–Trinajstić information content (AvgIpc) is 2.79. The molecule has 0 radical (unpaired) electrons. The Hall–Kier alpha value is -1.75. The lowest BCUT2D eigenvalue weighted by Crippen LogP contribution is -2.39. The topological polar surface area (TPSA) is 60.2 Å². The molecule has 0 saturated heterocycles. The smallest absolute Gasteiger partial charge is 0.362 e. The molecule has 1 atom stereocenters. The first-order valence-electron chi connectivity index (χ1n) is 7.04. The number of carbonyl (C=O) groups excluding carboxylic acids is 1. The zero-order valence-corrected chi connectivity index (χ0v) is 11.5. The molecule has 1 aromatic rings. The van der Waals surface area contributed by atoms with Crippen LogP contribution in [-0.4, -0.2) is 11.7 Å². The van der Waals surface area contributed by atoms with E-state index >= 15 is 0 Å². The van der Waals surface area contributed by atoms with E-state index in [0.717, 1.165) is 25.7 Å². The average molecular weight is 274 g/mol. The molecule has 106 valence electrons. The second-order valence-corrected chi connectivity index (χ2v) is 5.35. The van der Waals surface area contributed by atoms with E-state index in [1.807, 2.05) is 30.3 Å². The first-order chi connectivity index (χ1) is 9.64. The predicted octanol–water partition coefficient (Wildman–Crippen LogP) is 3.50. The maximum absolute atomic E-state index is 11.4. The highest BCUT2D eigenvalue weighted by molar-refractivity contribution is 5.66. The van der Waals surface area contributed by atoms with E-state index in [9.17, 15) is 4.79 Å². The van der Waals surface area contributed by atoms with Crippen LogP contribution in [0.5, 0.6) is 0 Å². The highest BCUT2D eigenvalue weighted by atomic mass is 16.8. The zero-order valence-electron chi connectivity index (χ0n) is 11.5. The monoisotopic (exact) mass is 274 g/mol. The van der Waals surface area contributed by atoms with Crippen LogP contribution in [0.15, 0.2) is 40.6 Å². The number of ether oxygens (including phenoxy) is 2. The zero-order chi connectivity index (χ0) is 14.1. The number of hydrogen-bond acceptors (Lipinski definition) is 5. The minimum Gasteiger partial charge on any atom is -0.407 e. The van der Waals surface area contributed by atoms with E-state index in [-0.39, 0.29) is 0 Å². The van der Waals surface area contributed by atoms with Gasteiger partial charge < -0.3 is 4.74 Å². The summed E-state index contributed by atoms with van der Waals surface area (Å²) in [5.41, 5.74) is 0.0743. The number of carbonyl (C=O) groups is 1. The Morgan fingerprint density at radius 1 is 1.15 bits per heavy atom. The second-order valence-electron chi connectivity index (χ2n) is 5.35. The third-order valence-electron chi connectivity index (χ3n) is 3.75. The minimum absolute atomic E-state index is 0.430. The van der Waals surface area contributed by atoms with Crippen molar-refractivity contribution in [2.24, 2.45) is 10.2 Å². The summed E-state index contributed by atoms with van der Waals surface area (Å²) < 4.78 is 11.5. The van der Waals surface area contributed by atoms with Crippen LogP contribution in [0.2, 0.25) is 0 Å². The molecule has 1 spiro atoms. The number of hydrogen-bond donors (Lipinski definition) is 0. The van der Waals surface area contributed by atoms with Crippen molar-refractivity contribution in [3.05, 3.63) is 35.9 Å². The van der Waals surface area contributed by atoms with E-state index in [2.05, 4.69) is 10.2 Å². The Bertz CT molecular complexity index is 523.